The molecule has 0 aliphatic carbocycles. The maximum absolute atomic E-state index is 14.0. The SMILES string of the molecule is Cc1ccc(C(=O)N(CCN(C)C)C(c2nc3sccc3c(=O)n2Cc2ccccc2)C(C)C)cc1. The third kappa shape index (κ3) is 5.58. The number of thiophene rings is 1. The Labute approximate surface area is 216 Å². The van der Waals surface area contributed by atoms with Gasteiger partial charge in [-0.2, -0.15) is 0 Å². The van der Waals surface area contributed by atoms with E-state index in [9.17, 15) is 9.59 Å². The van der Waals surface area contributed by atoms with Crippen molar-refractivity contribution in [2.75, 3.05) is 27.2 Å². The molecule has 1 unspecified atom stereocenters. The molecule has 2 heterocycles. The lowest BCUT2D eigenvalue weighted by Crippen LogP contribution is -2.44. The topological polar surface area (TPSA) is 58.4 Å². The lowest BCUT2D eigenvalue weighted by Gasteiger charge is -2.36. The van der Waals surface area contributed by atoms with Crippen molar-refractivity contribution in [1.82, 2.24) is 19.4 Å². The summed E-state index contributed by atoms with van der Waals surface area (Å²) in [6.07, 6.45) is 0. The van der Waals surface area contributed by atoms with Gasteiger partial charge in [-0.3, -0.25) is 14.2 Å². The van der Waals surface area contributed by atoms with E-state index in [2.05, 4.69) is 18.7 Å². The van der Waals surface area contributed by atoms with Crippen molar-refractivity contribution in [2.24, 2.45) is 5.92 Å². The molecule has 4 aromatic rings. The van der Waals surface area contributed by atoms with E-state index in [1.54, 1.807) is 4.57 Å². The maximum Gasteiger partial charge on any atom is 0.262 e. The third-order valence-corrected chi connectivity index (χ3v) is 7.18. The average Bonchev–Trinajstić information content (AvgIpc) is 3.33. The van der Waals surface area contributed by atoms with Gasteiger partial charge in [0.2, 0.25) is 0 Å². The van der Waals surface area contributed by atoms with E-state index in [4.69, 9.17) is 4.98 Å². The number of hydrogen-bond acceptors (Lipinski definition) is 5. The van der Waals surface area contributed by atoms with Crippen LogP contribution in [0.2, 0.25) is 0 Å². The summed E-state index contributed by atoms with van der Waals surface area (Å²) in [4.78, 5) is 37.4. The van der Waals surface area contributed by atoms with Gasteiger partial charge in [-0.15, -0.1) is 11.3 Å². The van der Waals surface area contributed by atoms with Crippen LogP contribution in [-0.2, 0) is 6.54 Å². The van der Waals surface area contributed by atoms with Crippen LogP contribution in [-0.4, -0.2) is 52.4 Å². The minimum atomic E-state index is -0.373. The molecule has 0 saturated carbocycles. The van der Waals surface area contributed by atoms with Crippen molar-refractivity contribution in [3.05, 3.63) is 98.9 Å². The number of rotatable bonds is 9. The average molecular weight is 503 g/mol. The van der Waals surface area contributed by atoms with Crippen molar-refractivity contribution in [1.29, 1.82) is 0 Å². The van der Waals surface area contributed by atoms with Gasteiger partial charge in [0.1, 0.15) is 10.7 Å². The molecule has 2 aromatic carbocycles. The van der Waals surface area contributed by atoms with Gasteiger partial charge in [0, 0.05) is 18.7 Å². The Bertz CT molecular complexity index is 1370. The van der Waals surface area contributed by atoms with E-state index in [0.717, 1.165) is 11.1 Å². The molecule has 0 bridgehead atoms. The third-order valence-electron chi connectivity index (χ3n) is 6.38. The van der Waals surface area contributed by atoms with Gasteiger partial charge in [0.25, 0.3) is 11.5 Å². The molecule has 0 aliphatic heterocycles. The number of aromatic nitrogens is 2. The molecule has 0 fully saturated rings. The molecule has 0 radical (unpaired) electrons. The molecule has 0 aliphatic rings. The van der Waals surface area contributed by atoms with Crippen molar-refractivity contribution in [2.45, 2.75) is 33.4 Å². The summed E-state index contributed by atoms with van der Waals surface area (Å²) >= 11 is 1.46. The summed E-state index contributed by atoms with van der Waals surface area (Å²) in [6.45, 7) is 7.81. The highest BCUT2D eigenvalue weighted by Gasteiger charge is 2.33. The molecular formula is C29H34N4O2S. The summed E-state index contributed by atoms with van der Waals surface area (Å²) in [7, 11) is 4.00. The minimum absolute atomic E-state index is 0.0351. The zero-order chi connectivity index (χ0) is 25.8. The van der Waals surface area contributed by atoms with Crippen molar-refractivity contribution in [3.8, 4) is 0 Å². The number of carbonyl (C=O) groups is 1. The van der Waals surface area contributed by atoms with E-state index in [1.807, 2.05) is 92.0 Å². The molecule has 7 heteroatoms. The number of likely N-dealkylation sites (N-methyl/N-ethyl adjacent to an activating group) is 1. The highest BCUT2D eigenvalue weighted by molar-refractivity contribution is 7.16. The second-order valence-electron chi connectivity index (χ2n) is 9.84. The van der Waals surface area contributed by atoms with Gasteiger partial charge in [-0.05, 0) is 56.1 Å². The fraction of sp³-hybridized carbons (Fsp3) is 0.345. The maximum atomic E-state index is 14.0. The number of benzene rings is 2. The predicted molar refractivity (Wildman–Crippen MR) is 148 cm³/mol. The quantitative estimate of drug-likeness (QED) is 0.315. The molecule has 2 aromatic heterocycles. The van der Waals surface area contributed by atoms with E-state index < -0.39 is 0 Å². The summed E-state index contributed by atoms with van der Waals surface area (Å²) in [5.41, 5.74) is 2.69. The fourth-order valence-electron chi connectivity index (χ4n) is 4.44. The minimum Gasteiger partial charge on any atom is -0.327 e. The van der Waals surface area contributed by atoms with Gasteiger partial charge in [-0.25, -0.2) is 4.98 Å². The van der Waals surface area contributed by atoms with Gasteiger partial charge >= 0.3 is 0 Å². The largest absolute Gasteiger partial charge is 0.327 e. The fourth-order valence-corrected chi connectivity index (χ4v) is 5.20. The first-order valence-corrected chi connectivity index (χ1v) is 13.2. The first kappa shape index (κ1) is 25.8. The zero-order valence-electron chi connectivity index (χ0n) is 21.6. The number of hydrogen-bond donors (Lipinski definition) is 0. The van der Waals surface area contributed by atoms with Crippen molar-refractivity contribution in [3.63, 3.8) is 0 Å². The van der Waals surface area contributed by atoms with Crippen LogP contribution < -0.4 is 5.56 Å². The van der Waals surface area contributed by atoms with Crippen LogP contribution in [0.5, 0.6) is 0 Å². The van der Waals surface area contributed by atoms with Crippen LogP contribution in [0.1, 0.15) is 47.2 Å². The molecule has 0 spiro atoms. The van der Waals surface area contributed by atoms with Crippen LogP contribution in [0, 0.1) is 12.8 Å². The van der Waals surface area contributed by atoms with Crippen LogP contribution in [0.4, 0.5) is 0 Å². The van der Waals surface area contributed by atoms with Gasteiger partial charge in [0.05, 0.1) is 18.0 Å². The Balaban J connectivity index is 1.88. The Morgan fingerprint density at radius 2 is 1.69 bits per heavy atom. The normalized spacial score (nSPS) is 12.4. The number of amides is 1. The summed E-state index contributed by atoms with van der Waals surface area (Å²) in [6, 6.07) is 19.1. The van der Waals surface area contributed by atoms with Gasteiger partial charge in [-0.1, -0.05) is 61.9 Å². The van der Waals surface area contributed by atoms with Gasteiger partial charge < -0.3 is 9.80 Å². The molecule has 4 rings (SSSR count). The lowest BCUT2D eigenvalue weighted by molar-refractivity contribution is 0.0587. The van der Waals surface area contributed by atoms with Crippen LogP contribution >= 0.6 is 11.3 Å². The summed E-state index contributed by atoms with van der Waals surface area (Å²) < 4.78 is 1.76. The van der Waals surface area contributed by atoms with Crippen LogP contribution in [0.15, 0.2) is 70.8 Å². The van der Waals surface area contributed by atoms with Crippen LogP contribution in [0.3, 0.4) is 0 Å². The first-order valence-electron chi connectivity index (χ1n) is 12.3. The molecule has 188 valence electrons. The highest BCUT2D eigenvalue weighted by Crippen LogP contribution is 2.31. The number of aryl methyl sites for hydroxylation is 1. The molecule has 0 N–H and O–H groups in total. The zero-order valence-corrected chi connectivity index (χ0v) is 22.5. The summed E-state index contributed by atoms with van der Waals surface area (Å²) in [5, 5.41) is 2.52. The standard InChI is InChI=1S/C29H34N4O2S/c1-20(2)25(32(17-16-31(4)5)28(34)23-13-11-21(3)12-14-23)26-30-27-24(15-18-36-27)29(35)33(26)19-22-9-7-6-8-10-22/h6-15,18,20,25H,16-17,19H2,1-5H3. The monoisotopic (exact) mass is 502 g/mol. The predicted octanol–water partition coefficient (Wildman–Crippen LogP) is 5.22. The van der Waals surface area contributed by atoms with Gasteiger partial charge in [0.15, 0.2) is 0 Å². The van der Waals surface area contributed by atoms with E-state index in [1.165, 1.54) is 11.3 Å². The molecular weight excluding hydrogens is 468 g/mol. The Morgan fingerprint density at radius 3 is 2.33 bits per heavy atom. The number of carbonyl (C=O) groups excluding carboxylic acids is 1. The molecule has 36 heavy (non-hydrogen) atoms. The molecule has 6 nitrogen and oxygen atoms in total. The van der Waals surface area contributed by atoms with E-state index in [-0.39, 0.29) is 23.4 Å². The van der Waals surface area contributed by atoms with Crippen molar-refractivity contribution >= 4 is 27.5 Å². The Hall–Kier alpha value is -3.29. The summed E-state index contributed by atoms with van der Waals surface area (Å²) in [5.74, 6) is 0.614. The van der Waals surface area contributed by atoms with E-state index in [0.29, 0.717) is 41.2 Å². The highest BCUT2D eigenvalue weighted by atomic mass is 32.1. The van der Waals surface area contributed by atoms with Crippen molar-refractivity contribution < 1.29 is 4.79 Å². The van der Waals surface area contributed by atoms with E-state index >= 15 is 0 Å². The molecule has 1 amide bonds. The Morgan fingerprint density at radius 1 is 1.00 bits per heavy atom. The first-order chi connectivity index (χ1) is 17.3. The number of nitrogens with zero attached hydrogens (tertiary/aromatic N) is 4. The molecule has 0 saturated heterocycles. The Kier molecular flexibility index (Phi) is 8.01. The second kappa shape index (κ2) is 11.2. The second-order valence-corrected chi connectivity index (χ2v) is 10.7. The number of fused-ring (bicyclic) bond motifs is 1. The molecule has 1 atom stereocenters. The smallest absolute Gasteiger partial charge is 0.262 e. The van der Waals surface area contributed by atoms with Crippen LogP contribution in [0.25, 0.3) is 10.2 Å². The lowest BCUT2D eigenvalue weighted by atomic mass is 9.99.